The van der Waals surface area contributed by atoms with E-state index in [0.717, 1.165) is 11.4 Å². The Labute approximate surface area is 113 Å². The van der Waals surface area contributed by atoms with E-state index in [1.54, 1.807) is 0 Å². The summed E-state index contributed by atoms with van der Waals surface area (Å²) in [6.07, 6.45) is 1.74. The molecule has 0 aromatic heterocycles. The highest BCUT2D eigenvalue weighted by molar-refractivity contribution is 6.30. The Morgan fingerprint density at radius 1 is 1.39 bits per heavy atom. The van der Waals surface area contributed by atoms with Gasteiger partial charge in [-0.05, 0) is 44.4 Å². The smallest absolute Gasteiger partial charge is 0.303 e. The summed E-state index contributed by atoms with van der Waals surface area (Å²) in [7, 11) is 0. The third-order valence-corrected chi connectivity index (χ3v) is 3.03. The van der Waals surface area contributed by atoms with Crippen LogP contribution in [-0.4, -0.2) is 23.2 Å². The number of hydrogen-bond acceptors (Lipinski definition) is 2. The summed E-state index contributed by atoms with van der Waals surface area (Å²) >= 11 is 5.93. The van der Waals surface area contributed by atoms with Crippen LogP contribution in [0.1, 0.15) is 32.3 Å². The number of nitrogens with one attached hydrogen (secondary N) is 1. The van der Waals surface area contributed by atoms with Gasteiger partial charge in [0.25, 0.3) is 0 Å². The summed E-state index contributed by atoms with van der Waals surface area (Å²) in [5.74, 6) is -0.744. The van der Waals surface area contributed by atoms with Crippen LogP contribution in [0.2, 0.25) is 5.02 Å². The second-order valence-electron chi connectivity index (χ2n) is 4.74. The predicted octanol–water partition coefficient (Wildman–Crippen LogP) is 3.11. The van der Waals surface area contributed by atoms with Gasteiger partial charge >= 0.3 is 5.97 Å². The van der Waals surface area contributed by atoms with Crippen LogP contribution in [0.3, 0.4) is 0 Å². The number of carboxylic acid groups (broad SMARTS) is 1. The molecule has 1 aromatic rings. The quantitative estimate of drug-likeness (QED) is 0.800. The van der Waals surface area contributed by atoms with Crippen LogP contribution >= 0.6 is 11.6 Å². The van der Waals surface area contributed by atoms with Crippen molar-refractivity contribution in [2.24, 2.45) is 0 Å². The van der Waals surface area contributed by atoms with Crippen molar-refractivity contribution >= 4 is 17.6 Å². The Morgan fingerprint density at radius 2 is 2.11 bits per heavy atom. The predicted molar refractivity (Wildman–Crippen MR) is 74.1 cm³/mol. The molecular weight excluding hydrogens is 250 g/mol. The maximum Gasteiger partial charge on any atom is 0.303 e. The Morgan fingerprint density at radius 3 is 2.72 bits per heavy atom. The summed E-state index contributed by atoms with van der Waals surface area (Å²) in [6, 6.07) is 8.31. The van der Waals surface area contributed by atoms with Crippen molar-refractivity contribution in [3.8, 4) is 0 Å². The van der Waals surface area contributed by atoms with Crippen LogP contribution in [-0.2, 0) is 11.2 Å². The molecule has 2 unspecified atom stereocenters. The molecule has 0 saturated heterocycles. The zero-order chi connectivity index (χ0) is 13.5. The molecule has 0 heterocycles. The van der Waals surface area contributed by atoms with Gasteiger partial charge in [0.2, 0.25) is 0 Å². The van der Waals surface area contributed by atoms with Crippen molar-refractivity contribution in [2.45, 2.75) is 45.2 Å². The minimum atomic E-state index is -0.744. The highest BCUT2D eigenvalue weighted by Gasteiger charge is 2.09. The Balaban J connectivity index is 2.36. The first-order valence-corrected chi connectivity index (χ1v) is 6.57. The molecule has 0 aliphatic rings. The van der Waals surface area contributed by atoms with Crippen LogP contribution in [0.4, 0.5) is 0 Å². The van der Waals surface area contributed by atoms with Gasteiger partial charge in [-0.3, -0.25) is 4.79 Å². The molecule has 0 saturated carbocycles. The zero-order valence-electron chi connectivity index (χ0n) is 10.8. The van der Waals surface area contributed by atoms with Crippen molar-refractivity contribution in [1.82, 2.24) is 5.32 Å². The van der Waals surface area contributed by atoms with E-state index in [9.17, 15) is 4.79 Å². The maximum absolute atomic E-state index is 10.5. The molecule has 100 valence electrons. The Bertz CT molecular complexity index is 395. The van der Waals surface area contributed by atoms with Gasteiger partial charge < -0.3 is 10.4 Å². The minimum absolute atomic E-state index is 0.204. The Kier molecular flexibility index (Phi) is 6.16. The molecule has 0 aliphatic heterocycles. The van der Waals surface area contributed by atoms with Crippen molar-refractivity contribution in [3.05, 3.63) is 34.9 Å². The van der Waals surface area contributed by atoms with E-state index in [4.69, 9.17) is 16.7 Å². The molecule has 3 nitrogen and oxygen atoms in total. The van der Waals surface area contributed by atoms with E-state index < -0.39 is 5.97 Å². The second kappa shape index (κ2) is 7.39. The average Bonchev–Trinajstić information content (AvgIpc) is 2.26. The van der Waals surface area contributed by atoms with Crippen molar-refractivity contribution in [1.29, 1.82) is 0 Å². The fourth-order valence-electron chi connectivity index (χ4n) is 1.99. The molecule has 2 atom stereocenters. The molecule has 1 aromatic carbocycles. The lowest BCUT2D eigenvalue weighted by Crippen LogP contribution is -2.36. The fraction of sp³-hybridized carbons (Fsp3) is 0.500. The van der Waals surface area contributed by atoms with Gasteiger partial charge in [-0.25, -0.2) is 0 Å². The van der Waals surface area contributed by atoms with Crippen LogP contribution in [0.15, 0.2) is 24.3 Å². The largest absolute Gasteiger partial charge is 0.481 e. The first kappa shape index (κ1) is 15.0. The summed E-state index contributed by atoms with van der Waals surface area (Å²) in [6.45, 7) is 4.11. The number of carbonyl (C=O) groups is 1. The van der Waals surface area contributed by atoms with Gasteiger partial charge in [-0.1, -0.05) is 23.7 Å². The number of carboxylic acids is 1. The van der Waals surface area contributed by atoms with Gasteiger partial charge in [-0.2, -0.15) is 0 Å². The van der Waals surface area contributed by atoms with Crippen LogP contribution < -0.4 is 5.32 Å². The van der Waals surface area contributed by atoms with Crippen molar-refractivity contribution in [2.75, 3.05) is 0 Å². The van der Waals surface area contributed by atoms with E-state index >= 15 is 0 Å². The van der Waals surface area contributed by atoms with Crippen LogP contribution in [0, 0.1) is 0 Å². The van der Waals surface area contributed by atoms with Crippen molar-refractivity contribution < 1.29 is 9.90 Å². The van der Waals surface area contributed by atoms with E-state index in [-0.39, 0.29) is 12.5 Å². The molecule has 4 heteroatoms. The van der Waals surface area contributed by atoms with Gasteiger partial charge in [0.05, 0.1) is 0 Å². The van der Waals surface area contributed by atoms with E-state index in [0.29, 0.717) is 12.5 Å². The van der Waals surface area contributed by atoms with Gasteiger partial charge in [0.1, 0.15) is 0 Å². The molecule has 0 radical (unpaired) electrons. The van der Waals surface area contributed by atoms with E-state index in [2.05, 4.69) is 12.2 Å². The maximum atomic E-state index is 10.5. The molecule has 1 rings (SSSR count). The summed E-state index contributed by atoms with van der Waals surface area (Å²) in [5.41, 5.74) is 1.19. The summed E-state index contributed by atoms with van der Waals surface area (Å²) in [5, 5.41) is 12.8. The first-order chi connectivity index (χ1) is 8.47. The zero-order valence-corrected chi connectivity index (χ0v) is 11.6. The molecule has 0 aliphatic carbocycles. The number of halogens is 1. The number of rotatable bonds is 7. The summed E-state index contributed by atoms with van der Waals surface area (Å²) in [4.78, 5) is 10.5. The molecule has 18 heavy (non-hydrogen) atoms. The third-order valence-electron chi connectivity index (χ3n) is 2.79. The molecule has 0 spiro atoms. The molecular formula is C14H20ClNO2. The highest BCUT2D eigenvalue weighted by Crippen LogP contribution is 2.12. The lowest BCUT2D eigenvalue weighted by molar-refractivity contribution is -0.137. The normalized spacial score (nSPS) is 14.2. The number of hydrogen-bond donors (Lipinski definition) is 2. The molecule has 0 bridgehead atoms. The fourth-order valence-corrected chi connectivity index (χ4v) is 2.20. The van der Waals surface area contributed by atoms with Gasteiger partial charge in [0.15, 0.2) is 0 Å². The third kappa shape index (κ3) is 6.03. The lowest BCUT2D eigenvalue weighted by atomic mass is 10.1. The standard InChI is InChI=1S/C14H20ClNO2/c1-10(6-7-14(17)18)16-11(2)8-12-4-3-5-13(15)9-12/h3-5,9-11,16H,6-8H2,1-2H3,(H,17,18). The first-order valence-electron chi connectivity index (χ1n) is 6.19. The highest BCUT2D eigenvalue weighted by atomic mass is 35.5. The van der Waals surface area contributed by atoms with E-state index in [1.807, 2.05) is 31.2 Å². The van der Waals surface area contributed by atoms with E-state index in [1.165, 1.54) is 5.56 Å². The van der Waals surface area contributed by atoms with Crippen LogP contribution in [0.25, 0.3) is 0 Å². The number of benzene rings is 1. The molecule has 2 N–H and O–H groups in total. The van der Waals surface area contributed by atoms with Crippen molar-refractivity contribution in [3.63, 3.8) is 0 Å². The summed E-state index contributed by atoms with van der Waals surface area (Å²) < 4.78 is 0. The topological polar surface area (TPSA) is 49.3 Å². The number of aliphatic carboxylic acids is 1. The van der Waals surface area contributed by atoms with Crippen LogP contribution in [0.5, 0.6) is 0 Å². The average molecular weight is 270 g/mol. The molecule has 0 amide bonds. The monoisotopic (exact) mass is 269 g/mol. The van der Waals surface area contributed by atoms with Gasteiger partial charge in [-0.15, -0.1) is 0 Å². The Hall–Kier alpha value is -1.06. The second-order valence-corrected chi connectivity index (χ2v) is 5.17. The SMILES string of the molecule is CC(CCC(=O)O)NC(C)Cc1cccc(Cl)c1. The van der Waals surface area contributed by atoms with Gasteiger partial charge in [0, 0.05) is 23.5 Å². The molecule has 0 fully saturated rings. The minimum Gasteiger partial charge on any atom is -0.481 e. The lowest BCUT2D eigenvalue weighted by Gasteiger charge is -2.19.